The molecule has 2 amide bonds. The fourth-order valence-corrected chi connectivity index (χ4v) is 1.94. The summed E-state index contributed by atoms with van der Waals surface area (Å²) in [5, 5.41) is 7.88. The van der Waals surface area contributed by atoms with Crippen molar-refractivity contribution in [1.82, 2.24) is 10.3 Å². The molecule has 22 heavy (non-hydrogen) atoms. The molecule has 0 radical (unpaired) electrons. The number of carbonyl (C=O) groups excluding carboxylic acids is 2. The van der Waals surface area contributed by atoms with Gasteiger partial charge in [0.25, 0.3) is 5.91 Å². The van der Waals surface area contributed by atoms with Crippen molar-refractivity contribution in [2.75, 3.05) is 27.3 Å². The van der Waals surface area contributed by atoms with E-state index in [1.54, 1.807) is 38.4 Å². The number of hydrazone groups is 1. The quantitative estimate of drug-likeness (QED) is 0.788. The first-order chi connectivity index (χ1) is 10.6. The van der Waals surface area contributed by atoms with Gasteiger partial charge in [0.15, 0.2) is 0 Å². The molecule has 1 aliphatic rings. The van der Waals surface area contributed by atoms with Gasteiger partial charge in [-0.15, -0.1) is 0 Å². The highest BCUT2D eigenvalue weighted by atomic mass is 16.5. The van der Waals surface area contributed by atoms with Crippen LogP contribution >= 0.6 is 0 Å². The lowest BCUT2D eigenvalue weighted by Gasteiger charge is -2.18. The van der Waals surface area contributed by atoms with Crippen molar-refractivity contribution < 1.29 is 19.1 Å². The minimum atomic E-state index is -0.266. The standard InChI is InChI=1S/C15H19N3O4/c1-18-14(19)8-7-13(17-18)15(20)16-9-10-22-12-5-3-11(21-2)4-6-12/h3-6H,7-10H2,1-2H3,(H,16,20). The molecule has 0 fully saturated rings. The van der Waals surface area contributed by atoms with Crippen molar-refractivity contribution in [2.24, 2.45) is 5.10 Å². The molecule has 1 heterocycles. The third-order valence-corrected chi connectivity index (χ3v) is 3.19. The van der Waals surface area contributed by atoms with Crippen LogP contribution in [0.25, 0.3) is 0 Å². The Morgan fingerprint density at radius 2 is 1.95 bits per heavy atom. The third kappa shape index (κ3) is 4.21. The van der Waals surface area contributed by atoms with E-state index >= 15 is 0 Å². The van der Waals surface area contributed by atoms with Crippen molar-refractivity contribution in [3.63, 3.8) is 0 Å². The molecule has 0 saturated carbocycles. The zero-order chi connectivity index (χ0) is 15.9. The molecule has 0 aromatic heterocycles. The Morgan fingerprint density at radius 3 is 2.59 bits per heavy atom. The molecule has 0 atom stereocenters. The van der Waals surface area contributed by atoms with Crippen LogP contribution in [0.2, 0.25) is 0 Å². The van der Waals surface area contributed by atoms with E-state index in [1.807, 2.05) is 0 Å². The predicted molar refractivity (Wildman–Crippen MR) is 80.9 cm³/mol. The van der Waals surface area contributed by atoms with Crippen LogP contribution < -0.4 is 14.8 Å². The van der Waals surface area contributed by atoms with Gasteiger partial charge in [-0.2, -0.15) is 5.10 Å². The number of benzene rings is 1. The molecular weight excluding hydrogens is 286 g/mol. The highest BCUT2D eigenvalue weighted by Crippen LogP contribution is 2.16. The van der Waals surface area contributed by atoms with E-state index in [1.165, 1.54) is 5.01 Å². The number of amides is 2. The highest BCUT2D eigenvalue weighted by Gasteiger charge is 2.21. The first kappa shape index (κ1) is 15.8. The number of nitrogens with zero attached hydrogens (tertiary/aromatic N) is 2. The van der Waals surface area contributed by atoms with Crippen molar-refractivity contribution in [2.45, 2.75) is 12.8 Å². The molecule has 7 nitrogen and oxygen atoms in total. The summed E-state index contributed by atoms with van der Waals surface area (Å²) in [5.41, 5.74) is 0.367. The topological polar surface area (TPSA) is 80.2 Å². The molecule has 1 aliphatic heterocycles. The van der Waals surface area contributed by atoms with Crippen LogP contribution in [0.5, 0.6) is 11.5 Å². The summed E-state index contributed by atoms with van der Waals surface area (Å²) >= 11 is 0. The zero-order valence-electron chi connectivity index (χ0n) is 12.7. The van der Waals surface area contributed by atoms with Crippen molar-refractivity contribution in [3.05, 3.63) is 24.3 Å². The van der Waals surface area contributed by atoms with Gasteiger partial charge < -0.3 is 14.8 Å². The van der Waals surface area contributed by atoms with Gasteiger partial charge >= 0.3 is 0 Å². The molecule has 0 bridgehead atoms. The summed E-state index contributed by atoms with van der Waals surface area (Å²) in [5.74, 6) is 1.11. The Hall–Kier alpha value is -2.57. The lowest BCUT2D eigenvalue weighted by molar-refractivity contribution is -0.130. The fraction of sp³-hybridized carbons (Fsp3) is 0.400. The van der Waals surface area contributed by atoms with Gasteiger partial charge in [0.1, 0.15) is 23.8 Å². The van der Waals surface area contributed by atoms with Crippen molar-refractivity contribution in [3.8, 4) is 11.5 Å². The normalized spacial score (nSPS) is 14.4. The van der Waals surface area contributed by atoms with Crippen LogP contribution in [0.3, 0.4) is 0 Å². The maximum atomic E-state index is 11.9. The SMILES string of the molecule is COc1ccc(OCCNC(=O)C2=NN(C)C(=O)CC2)cc1. The number of methoxy groups -OCH3 is 1. The van der Waals surface area contributed by atoms with Crippen LogP contribution in [0.15, 0.2) is 29.4 Å². The molecule has 0 aliphatic carbocycles. The first-order valence-electron chi connectivity index (χ1n) is 6.99. The molecule has 2 rings (SSSR count). The van der Waals surface area contributed by atoms with Crippen LogP contribution in [0.4, 0.5) is 0 Å². The van der Waals surface area contributed by atoms with Crippen LogP contribution in [-0.4, -0.2) is 49.8 Å². The third-order valence-electron chi connectivity index (χ3n) is 3.19. The summed E-state index contributed by atoms with van der Waals surface area (Å²) in [7, 11) is 3.14. The minimum absolute atomic E-state index is 0.0839. The zero-order valence-corrected chi connectivity index (χ0v) is 12.7. The number of nitrogens with one attached hydrogen (secondary N) is 1. The van der Waals surface area contributed by atoms with E-state index in [0.717, 1.165) is 5.75 Å². The summed E-state index contributed by atoms with van der Waals surface area (Å²) in [6.45, 7) is 0.710. The molecule has 0 saturated heterocycles. The summed E-state index contributed by atoms with van der Waals surface area (Å²) in [6.07, 6.45) is 0.680. The molecule has 1 aromatic carbocycles. The second-order valence-electron chi connectivity index (χ2n) is 4.74. The maximum absolute atomic E-state index is 11.9. The van der Waals surface area contributed by atoms with Crippen LogP contribution in [-0.2, 0) is 9.59 Å². The number of hydrogen-bond acceptors (Lipinski definition) is 5. The maximum Gasteiger partial charge on any atom is 0.267 e. The first-order valence-corrected chi connectivity index (χ1v) is 6.99. The van der Waals surface area contributed by atoms with E-state index < -0.39 is 0 Å². The molecule has 1 N–H and O–H groups in total. The number of hydrogen-bond donors (Lipinski definition) is 1. The van der Waals surface area contributed by atoms with Crippen LogP contribution in [0.1, 0.15) is 12.8 Å². The number of rotatable bonds is 6. The van der Waals surface area contributed by atoms with Gasteiger partial charge in [0.05, 0.1) is 13.7 Å². The van der Waals surface area contributed by atoms with E-state index in [9.17, 15) is 9.59 Å². The van der Waals surface area contributed by atoms with Crippen LogP contribution in [0, 0.1) is 0 Å². The molecule has 7 heteroatoms. The fourth-order valence-electron chi connectivity index (χ4n) is 1.94. The van der Waals surface area contributed by atoms with Gasteiger partial charge in [0, 0.05) is 19.9 Å². The largest absolute Gasteiger partial charge is 0.497 e. The van der Waals surface area contributed by atoms with E-state index in [-0.39, 0.29) is 11.8 Å². The monoisotopic (exact) mass is 305 g/mol. The second-order valence-corrected chi connectivity index (χ2v) is 4.74. The average Bonchev–Trinajstić information content (AvgIpc) is 2.54. The van der Waals surface area contributed by atoms with Crippen molar-refractivity contribution >= 4 is 17.5 Å². The van der Waals surface area contributed by atoms with E-state index in [2.05, 4.69) is 10.4 Å². The Morgan fingerprint density at radius 1 is 1.27 bits per heavy atom. The summed E-state index contributed by atoms with van der Waals surface area (Å²) < 4.78 is 10.6. The second kappa shape index (κ2) is 7.44. The van der Waals surface area contributed by atoms with Crippen molar-refractivity contribution in [1.29, 1.82) is 0 Å². The summed E-state index contributed by atoms with van der Waals surface area (Å²) in [6, 6.07) is 7.20. The average molecular weight is 305 g/mol. The number of ether oxygens (including phenoxy) is 2. The van der Waals surface area contributed by atoms with Gasteiger partial charge in [-0.3, -0.25) is 9.59 Å². The summed E-state index contributed by atoms with van der Waals surface area (Å²) in [4.78, 5) is 23.2. The minimum Gasteiger partial charge on any atom is -0.497 e. The molecule has 118 valence electrons. The van der Waals surface area contributed by atoms with Gasteiger partial charge in [0.2, 0.25) is 5.91 Å². The Balaban J connectivity index is 1.73. The lowest BCUT2D eigenvalue weighted by atomic mass is 10.1. The molecular formula is C15H19N3O4. The molecule has 0 unspecified atom stereocenters. The van der Waals surface area contributed by atoms with Gasteiger partial charge in [-0.25, -0.2) is 5.01 Å². The lowest BCUT2D eigenvalue weighted by Crippen LogP contribution is -2.39. The smallest absolute Gasteiger partial charge is 0.267 e. The Kier molecular flexibility index (Phi) is 5.35. The highest BCUT2D eigenvalue weighted by molar-refractivity contribution is 6.39. The number of carbonyl (C=O) groups is 2. The van der Waals surface area contributed by atoms with Gasteiger partial charge in [-0.05, 0) is 24.3 Å². The predicted octanol–water partition coefficient (Wildman–Crippen LogP) is 0.798. The van der Waals surface area contributed by atoms with Gasteiger partial charge in [-0.1, -0.05) is 0 Å². The van der Waals surface area contributed by atoms with E-state index in [0.29, 0.717) is 37.5 Å². The molecule has 0 spiro atoms. The Labute approximate surface area is 128 Å². The van der Waals surface area contributed by atoms with E-state index in [4.69, 9.17) is 9.47 Å². The molecule has 1 aromatic rings. The Bertz CT molecular complexity index is 569.